The lowest BCUT2D eigenvalue weighted by molar-refractivity contribution is 0.148. The summed E-state index contributed by atoms with van der Waals surface area (Å²) in [6.45, 7) is 9.02. The Hall–Kier alpha value is -0.0400. The van der Waals surface area contributed by atoms with Crippen molar-refractivity contribution in [3.05, 3.63) is 0 Å². The Labute approximate surface area is 89.9 Å². The van der Waals surface area contributed by atoms with E-state index < -0.39 is 0 Å². The molecule has 2 unspecified atom stereocenters. The maximum atomic E-state index is 9.54. The van der Waals surface area contributed by atoms with E-state index in [-0.39, 0.29) is 6.10 Å². The van der Waals surface area contributed by atoms with E-state index >= 15 is 0 Å². The number of aliphatic hydroxyl groups is 1. The molecule has 0 rings (SSSR count). The third-order valence-electron chi connectivity index (χ3n) is 2.73. The van der Waals surface area contributed by atoms with Crippen molar-refractivity contribution >= 4 is 0 Å². The van der Waals surface area contributed by atoms with Crippen molar-refractivity contribution in [1.29, 1.82) is 0 Å². The molecule has 0 spiro atoms. The van der Waals surface area contributed by atoms with Crippen LogP contribution < -0.4 is 0 Å². The molecule has 0 aliphatic heterocycles. The highest BCUT2D eigenvalue weighted by Crippen LogP contribution is 2.18. The van der Waals surface area contributed by atoms with Crippen molar-refractivity contribution in [1.82, 2.24) is 0 Å². The zero-order chi connectivity index (χ0) is 11.0. The molecule has 0 aromatic carbocycles. The second-order valence-corrected chi connectivity index (χ2v) is 5.11. The summed E-state index contributed by atoms with van der Waals surface area (Å²) >= 11 is 0. The Morgan fingerprint density at radius 3 is 2.14 bits per heavy atom. The third kappa shape index (κ3) is 8.55. The molecule has 1 N–H and O–H groups in total. The van der Waals surface area contributed by atoms with Gasteiger partial charge in [-0.25, -0.2) is 0 Å². The van der Waals surface area contributed by atoms with Crippen LogP contribution in [0.2, 0.25) is 0 Å². The third-order valence-corrected chi connectivity index (χ3v) is 2.73. The summed E-state index contributed by atoms with van der Waals surface area (Å²) < 4.78 is 0. The van der Waals surface area contributed by atoms with Crippen LogP contribution in [0.1, 0.15) is 66.2 Å². The van der Waals surface area contributed by atoms with Crippen molar-refractivity contribution < 1.29 is 5.11 Å². The van der Waals surface area contributed by atoms with Crippen molar-refractivity contribution in [2.45, 2.75) is 72.3 Å². The van der Waals surface area contributed by atoms with Crippen molar-refractivity contribution in [3.8, 4) is 0 Å². The second-order valence-electron chi connectivity index (χ2n) is 5.11. The first-order valence-electron chi connectivity index (χ1n) is 6.24. The summed E-state index contributed by atoms with van der Waals surface area (Å²) in [6, 6.07) is 0. The number of hydrogen-bond acceptors (Lipinski definition) is 1. The highest BCUT2D eigenvalue weighted by atomic mass is 16.3. The van der Waals surface area contributed by atoms with Gasteiger partial charge >= 0.3 is 0 Å². The molecule has 0 radical (unpaired) electrons. The Balaban J connectivity index is 3.34. The largest absolute Gasteiger partial charge is 0.393 e. The summed E-state index contributed by atoms with van der Waals surface area (Å²) in [6.07, 6.45) is 6.81. The highest BCUT2D eigenvalue weighted by Gasteiger charge is 2.07. The lowest BCUT2D eigenvalue weighted by atomic mass is 9.93. The average Bonchev–Trinajstić information content (AvgIpc) is 2.02. The number of rotatable bonds is 8. The van der Waals surface area contributed by atoms with Crippen LogP contribution in [0.3, 0.4) is 0 Å². The van der Waals surface area contributed by atoms with Gasteiger partial charge in [0.1, 0.15) is 0 Å². The zero-order valence-electron chi connectivity index (χ0n) is 10.4. The van der Waals surface area contributed by atoms with Crippen molar-refractivity contribution in [2.75, 3.05) is 0 Å². The van der Waals surface area contributed by atoms with Gasteiger partial charge < -0.3 is 5.11 Å². The summed E-state index contributed by atoms with van der Waals surface area (Å²) in [5, 5.41) is 9.54. The van der Waals surface area contributed by atoms with E-state index in [0.717, 1.165) is 31.1 Å². The predicted octanol–water partition coefficient (Wildman–Crippen LogP) is 4.00. The molecule has 0 saturated carbocycles. The predicted molar refractivity (Wildman–Crippen MR) is 63.4 cm³/mol. The summed E-state index contributed by atoms with van der Waals surface area (Å²) in [5.74, 6) is 1.63. The van der Waals surface area contributed by atoms with Crippen LogP contribution in [0.15, 0.2) is 0 Å². The second kappa shape index (κ2) is 8.28. The fraction of sp³-hybridized carbons (Fsp3) is 1.00. The Morgan fingerprint density at radius 2 is 1.64 bits per heavy atom. The Morgan fingerprint density at radius 1 is 1.00 bits per heavy atom. The van der Waals surface area contributed by atoms with E-state index in [1.807, 2.05) is 0 Å². The maximum Gasteiger partial charge on any atom is 0.0540 e. The van der Waals surface area contributed by atoms with Gasteiger partial charge in [0.25, 0.3) is 0 Å². The van der Waals surface area contributed by atoms with Crippen LogP contribution >= 0.6 is 0 Å². The van der Waals surface area contributed by atoms with Gasteiger partial charge in [0, 0.05) is 0 Å². The zero-order valence-corrected chi connectivity index (χ0v) is 10.4. The smallest absolute Gasteiger partial charge is 0.0540 e. The average molecular weight is 200 g/mol. The van der Waals surface area contributed by atoms with E-state index in [1.165, 1.54) is 19.3 Å². The minimum absolute atomic E-state index is 0.0498. The summed E-state index contributed by atoms with van der Waals surface area (Å²) in [5.41, 5.74) is 0. The lowest BCUT2D eigenvalue weighted by Gasteiger charge is -2.15. The molecule has 0 saturated heterocycles. The molecule has 14 heavy (non-hydrogen) atoms. The monoisotopic (exact) mass is 200 g/mol. The van der Waals surface area contributed by atoms with E-state index in [9.17, 15) is 5.11 Å². The molecule has 0 aliphatic rings. The van der Waals surface area contributed by atoms with E-state index in [1.54, 1.807) is 0 Å². The van der Waals surface area contributed by atoms with Gasteiger partial charge in [-0.05, 0) is 31.1 Å². The first kappa shape index (κ1) is 14.0. The molecule has 0 amide bonds. The van der Waals surface area contributed by atoms with E-state index in [4.69, 9.17) is 0 Å². The van der Waals surface area contributed by atoms with Crippen molar-refractivity contribution in [3.63, 3.8) is 0 Å². The van der Waals surface area contributed by atoms with Gasteiger partial charge in [-0.2, -0.15) is 0 Å². The highest BCUT2D eigenvalue weighted by molar-refractivity contribution is 4.60. The molecule has 1 nitrogen and oxygen atoms in total. The summed E-state index contributed by atoms with van der Waals surface area (Å²) in [7, 11) is 0. The van der Waals surface area contributed by atoms with E-state index in [2.05, 4.69) is 27.7 Å². The van der Waals surface area contributed by atoms with Crippen LogP contribution in [0, 0.1) is 11.8 Å². The number of aliphatic hydroxyl groups excluding tert-OH is 1. The molecule has 0 bridgehead atoms. The molecule has 0 aliphatic carbocycles. The van der Waals surface area contributed by atoms with Gasteiger partial charge in [-0.1, -0.05) is 47.0 Å². The minimum Gasteiger partial charge on any atom is -0.393 e. The maximum absolute atomic E-state index is 9.54. The number of hydrogen-bond donors (Lipinski definition) is 1. The fourth-order valence-corrected chi connectivity index (χ4v) is 2.10. The van der Waals surface area contributed by atoms with Gasteiger partial charge in [-0.3, -0.25) is 0 Å². The van der Waals surface area contributed by atoms with Crippen LogP contribution in [0.5, 0.6) is 0 Å². The fourth-order valence-electron chi connectivity index (χ4n) is 2.10. The molecule has 1 heteroatoms. The van der Waals surface area contributed by atoms with Crippen LogP contribution in [0.4, 0.5) is 0 Å². The molecule has 0 heterocycles. The van der Waals surface area contributed by atoms with Gasteiger partial charge in [0.2, 0.25) is 0 Å². The van der Waals surface area contributed by atoms with E-state index in [0.29, 0.717) is 0 Å². The van der Waals surface area contributed by atoms with Gasteiger partial charge in [0.15, 0.2) is 0 Å². The molecule has 86 valence electrons. The molecule has 0 aromatic rings. The van der Waals surface area contributed by atoms with Crippen LogP contribution in [0.25, 0.3) is 0 Å². The molecular weight excluding hydrogens is 172 g/mol. The Bertz CT molecular complexity index is 120. The van der Waals surface area contributed by atoms with Crippen LogP contribution in [-0.4, -0.2) is 11.2 Å². The van der Waals surface area contributed by atoms with Crippen molar-refractivity contribution in [2.24, 2.45) is 11.8 Å². The normalized spacial score (nSPS) is 15.9. The first-order chi connectivity index (χ1) is 6.56. The SMILES string of the molecule is CCCC(O)CCCC(C)CC(C)C. The Kier molecular flexibility index (Phi) is 8.26. The van der Waals surface area contributed by atoms with Crippen LogP contribution in [-0.2, 0) is 0 Å². The molecule has 0 aromatic heterocycles. The van der Waals surface area contributed by atoms with Gasteiger partial charge in [-0.15, -0.1) is 0 Å². The van der Waals surface area contributed by atoms with Gasteiger partial charge in [0.05, 0.1) is 6.10 Å². The lowest BCUT2D eigenvalue weighted by Crippen LogP contribution is -2.07. The molecular formula is C13H28O. The standard InChI is InChI=1S/C13H28O/c1-5-7-13(14)9-6-8-12(4)10-11(2)3/h11-14H,5-10H2,1-4H3. The quantitative estimate of drug-likeness (QED) is 0.628. The molecule has 2 atom stereocenters. The topological polar surface area (TPSA) is 20.2 Å². The molecule has 0 fully saturated rings. The minimum atomic E-state index is -0.0498. The first-order valence-corrected chi connectivity index (χ1v) is 6.24. The summed E-state index contributed by atoms with van der Waals surface area (Å²) in [4.78, 5) is 0.